The first-order chi connectivity index (χ1) is 13.6. The number of rotatable bonds is 9. The number of aromatic nitrogens is 1. The molecule has 3 rings (SSSR count). The summed E-state index contributed by atoms with van der Waals surface area (Å²) in [5.41, 5.74) is 1.47. The van der Waals surface area contributed by atoms with Crippen LogP contribution in [0.25, 0.3) is 21.8 Å². The van der Waals surface area contributed by atoms with Gasteiger partial charge >= 0.3 is 5.97 Å². The van der Waals surface area contributed by atoms with Crippen LogP contribution in [0.2, 0.25) is 0 Å². The molecule has 6 heteroatoms. The summed E-state index contributed by atoms with van der Waals surface area (Å²) in [7, 11) is 0. The van der Waals surface area contributed by atoms with Gasteiger partial charge < -0.3 is 15.0 Å². The summed E-state index contributed by atoms with van der Waals surface area (Å²) in [6, 6.07) is 14.7. The number of carbonyl (C=O) groups is 2. The van der Waals surface area contributed by atoms with Crippen LogP contribution in [0, 0.1) is 0 Å². The monoisotopic (exact) mass is 380 g/mol. The number of amides is 1. The van der Waals surface area contributed by atoms with Gasteiger partial charge in [0, 0.05) is 23.7 Å². The van der Waals surface area contributed by atoms with Crippen molar-refractivity contribution in [3.8, 4) is 0 Å². The van der Waals surface area contributed by atoms with E-state index >= 15 is 0 Å². The maximum Gasteiger partial charge on any atom is 0.303 e. The van der Waals surface area contributed by atoms with Crippen LogP contribution in [0.5, 0.6) is 0 Å². The fraction of sp³-hybridized carbons (Fsp3) is 0.318. The average molecular weight is 380 g/mol. The predicted molar refractivity (Wildman–Crippen MR) is 109 cm³/mol. The Kier molecular flexibility index (Phi) is 6.42. The maximum atomic E-state index is 12.7. The highest BCUT2D eigenvalue weighted by atomic mass is 16.4. The second-order valence-electron chi connectivity index (χ2n) is 6.86. The summed E-state index contributed by atoms with van der Waals surface area (Å²) >= 11 is 0. The fourth-order valence-corrected chi connectivity index (χ4v) is 3.43. The lowest BCUT2D eigenvalue weighted by Crippen LogP contribution is -2.29. The van der Waals surface area contributed by atoms with Crippen LogP contribution in [0.15, 0.2) is 53.3 Å². The summed E-state index contributed by atoms with van der Waals surface area (Å²) in [5, 5.41) is 12.7. The molecule has 146 valence electrons. The van der Waals surface area contributed by atoms with Crippen LogP contribution in [-0.4, -0.2) is 28.1 Å². The Morgan fingerprint density at radius 2 is 1.43 bits per heavy atom. The van der Waals surface area contributed by atoms with Gasteiger partial charge in [-0.15, -0.1) is 0 Å². The Balaban J connectivity index is 1.68. The zero-order valence-corrected chi connectivity index (χ0v) is 15.7. The third kappa shape index (κ3) is 4.57. The molecule has 3 aromatic rings. The largest absolute Gasteiger partial charge is 0.481 e. The van der Waals surface area contributed by atoms with E-state index in [2.05, 4.69) is 5.32 Å². The van der Waals surface area contributed by atoms with Gasteiger partial charge in [0.05, 0.1) is 11.0 Å². The Hall–Kier alpha value is -3.15. The number of nitrogens with one attached hydrogen (secondary N) is 1. The molecule has 0 bridgehead atoms. The van der Waals surface area contributed by atoms with Crippen LogP contribution in [0.1, 0.15) is 32.1 Å². The van der Waals surface area contributed by atoms with Crippen LogP contribution >= 0.6 is 0 Å². The van der Waals surface area contributed by atoms with Crippen molar-refractivity contribution in [2.75, 3.05) is 6.54 Å². The molecule has 2 aromatic carbocycles. The Morgan fingerprint density at radius 1 is 0.857 bits per heavy atom. The minimum absolute atomic E-state index is 0.0239. The zero-order valence-electron chi connectivity index (χ0n) is 15.7. The molecular formula is C22H24N2O4. The van der Waals surface area contributed by atoms with Crippen molar-refractivity contribution in [1.82, 2.24) is 9.88 Å². The summed E-state index contributed by atoms with van der Waals surface area (Å²) in [6.07, 6.45) is 3.41. The van der Waals surface area contributed by atoms with Gasteiger partial charge in [-0.2, -0.15) is 0 Å². The number of nitrogens with zero attached hydrogens (tertiary/aromatic N) is 1. The molecule has 0 aliphatic heterocycles. The van der Waals surface area contributed by atoms with Gasteiger partial charge in [0.1, 0.15) is 6.54 Å². The number of hydrogen-bond acceptors (Lipinski definition) is 3. The van der Waals surface area contributed by atoms with Gasteiger partial charge in [-0.3, -0.25) is 14.4 Å². The normalized spacial score (nSPS) is 11.0. The molecule has 0 fully saturated rings. The van der Waals surface area contributed by atoms with Gasteiger partial charge in [0.2, 0.25) is 5.91 Å². The highest BCUT2D eigenvalue weighted by Gasteiger charge is 2.12. The van der Waals surface area contributed by atoms with Crippen molar-refractivity contribution in [3.05, 3.63) is 58.8 Å². The number of fused-ring (bicyclic) bond motifs is 2. The molecule has 2 N–H and O–H groups in total. The number of aliphatic carboxylic acids is 1. The van der Waals surface area contributed by atoms with E-state index < -0.39 is 5.97 Å². The van der Waals surface area contributed by atoms with Gasteiger partial charge in [-0.25, -0.2) is 0 Å². The second-order valence-corrected chi connectivity index (χ2v) is 6.86. The number of para-hydroxylation sites is 2. The van der Waals surface area contributed by atoms with Gasteiger partial charge in [0.15, 0.2) is 5.43 Å². The maximum absolute atomic E-state index is 12.7. The SMILES string of the molecule is O=C(O)CCCCCCNC(=O)Cn1c2ccccc2c(=O)c2ccccc21. The molecule has 0 aliphatic rings. The highest BCUT2D eigenvalue weighted by molar-refractivity contribution is 5.94. The topological polar surface area (TPSA) is 88.4 Å². The molecule has 6 nitrogen and oxygen atoms in total. The first kappa shape index (κ1) is 19.6. The molecule has 0 unspecified atom stereocenters. The minimum atomic E-state index is -0.770. The van der Waals surface area contributed by atoms with Gasteiger partial charge in [-0.05, 0) is 37.1 Å². The summed E-state index contributed by atoms with van der Waals surface area (Å²) in [5.74, 6) is -0.877. The Labute approximate surface area is 162 Å². The molecule has 1 amide bonds. The number of pyridine rings is 1. The van der Waals surface area contributed by atoms with Crippen molar-refractivity contribution >= 4 is 33.7 Å². The standard InChI is InChI=1S/C22H24N2O4/c25-20(23-14-8-2-1-3-13-21(26)27)15-24-18-11-6-4-9-16(18)22(28)17-10-5-7-12-19(17)24/h4-7,9-12H,1-3,8,13-15H2,(H,23,25)(H,26,27). The molecule has 0 saturated heterocycles. The number of carboxylic acid groups (broad SMARTS) is 1. The number of hydrogen-bond donors (Lipinski definition) is 2. The number of benzene rings is 2. The highest BCUT2D eigenvalue weighted by Crippen LogP contribution is 2.18. The van der Waals surface area contributed by atoms with Crippen molar-refractivity contribution in [1.29, 1.82) is 0 Å². The van der Waals surface area contributed by atoms with Crippen molar-refractivity contribution in [2.24, 2.45) is 0 Å². The van der Waals surface area contributed by atoms with E-state index in [1.54, 1.807) is 12.1 Å². The minimum Gasteiger partial charge on any atom is -0.481 e. The number of carbonyl (C=O) groups excluding carboxylic acids is 1. The second kappa shape index (κ2) is 9.17. The first-order valence-corrected chi connectivity index (χ1v) is 9.56. The average Bonchev–Trinajstić information content (AvgIpc) is 2.70. The van der Waals surface area contributed by atoms with Crippen molar-refractivity contribution in [2.45, 2.75) is 38.6 Å². The van der Waals surface area contributed by atoms with Crippen LogP contribution in [0.4, 0.5) is 0 Å². The molecule has 1 aromatic heterocycles. The lowest BCUT2D eigenvalue weighted by Gasteiger charge is -2.15. The Bertz CT molecular complexity index is 995. The molecule has 0 radical (unpaired) electrons. The lowest BCUT2D eigenvalue weighted by atomic mass is 10.1. The van der Waals surface area contributed by atoms with E-state index in [0.717, 1.165) is 30.3 Å². The Morgan fingerprint density at radius 3 is 2.04 bits per heavy atom. The molecule has 28 heavy (non-hydrogen) atoms. The van der Waals surface area contributed by atoms with Crippen LogP contribution in [0.3, 0.4) is 0 Å². The third-order valence-corrected chi connectivity index (χ3v) is 4.82. The quantitative estimate of drug-likeness (QED) is 0.440. The predicted octanol–water partition coefficient (Wildman–Crippen LogP) is 3.31. The van der Waals surface area contributed by atoms with E-state index in [0.29, 0.717) is 23.7 Å². The molecule has 1 heterocycles. The summed E-state index contributed by atoms with van der Waals surface area (Å²) < 4.78 is 1.88. The van der Waals surface area contributed by atoms with E-state index in [9.17, 15) is 14.4 Å². The van der Waals surface area contributed by atoms with Gasteiger partial charge in [0.25, 0.3) is 0 Å². The van der Waals surface area contributed by atoms with Crippen LogP contribution in [-0.2, 0) is 16.1 Å². The summed E-state index contributed by atoms with van der Waals surface area (Å²) in [4.78, 5) is 35.7. The van der Waals surface area contributed by atoms with Crippen molar-refractivity contribution < 1.29 is 14.7 Å². The molecule has 0 spiro atoms. The van der Waals surface area contributed by atoms with E-state index in [1.807, 2.05) is 41.0 Å². The number of unbranched alkanes of at least 4 members (excludes halogenated alkanes) is 3. The molecule has 0 atom stereocenters. The molecule has 0 aliphatic carbocycles. The van der Waals surface area contributed by atoms with Gasteiger partial charge in [-0.1, -0.05) is 37.1 Å². The van der Waals surface area contributed by atoms with E-state index in [1.165, 1.54) is 0 Å². The third-order valence-electron chi connectivity index (χ3n) is 4.82. The smallest absolute Gasteiger partial charge is 0.303 e. The number of carboxylic acids is 1. The van der Waals surface area contributed by atoms with E-state index in [4.69, 9.17) is 5.11 Å². The molecule has 0 saturated carbocycles. The fourth-order valence-electron chi connectivity index (χ4n) is 3.43. The van der Waals surface area contributed by atoms with Crippen molar-refractivity contribution in [3.63, 3.8) is 0 Å². The van der Waals surface area contributed by atoms with Crippen LogP contribution < -0.4 is 10.7 Å². The zero-order chi connectivity index (χ0) is 19.9. The van der Waals surface area contributed by atoms with E-state index in [-0.39, 0.29) is 24.3 Å². The summed E-state index contributed by atoms with van der Waals surface area (Å²) in [6.45, 7) is 0.697. The lowest BCUT2D eigenvalue weighted by molar-refractivity contribution is -0.137. The first-order valence-electron chi connectivity index (χ1n) is 9.56. The molecular weight excluding hydrogens is 356 g/mol.